The van der Waals surface area contributed by atoms with Crippen molar-refractivity contribution in [2.24, 2.45) is 0 Å². The van der Waals surface area contributed by atoms with Gasteiger partial charge in [-0.25, -0.2) is 9.78 Å². The SMILES string of the molecule is Cc1nc(-c2ccc(SC(C)C)c([N+](=O)[O-])c2)sc1C(=O)O. The van der Waals surface area contributed by atoms with Gasteiger partial charge in [0.2, 0.25) is 0 Å². The molecule has 0 saturated carbocycles. The van der Waals surface area contributed by atoms with E-state index in [-0.39, 0.29) is 15.8 Å². The highest BCUT2D eigenvalue weighted by atomic mass is 32.2. The average Bonchev–Trinajstić information content (AvgIpc) is 2.80. The number of carbonyl (C=O) groups is 1. The number of hydrogen-bond acceptors (Lipinski definition) is 6. The average molecular weight is 338 g/mol. The van der Waals surface area contributed by atoms with E-state index in [1.165, 1.54) is 17.8 Å². The summed E-state index contributed by atoms with van der Waals surface area (Å²) < 4.78 is 0. The number of carboxylic acid groups (broad SMARTS) is 1. The lowest BCUT2D eigenvalue weighted by atomic mass is 10.2. The standard InChI is InChI=1S/C14H14N2O4S2/c1-7(2)21-11-5-4-9(6-10(11)16(19)20)13-15-8(3)12(22-13)14(17)18/h4-7H,1-3H3,(H,17,18). The number of nitro groups is 1. The molecule has 0 aliphatic heterocycles. The number of carboxylic acids is 1. The fourth-order valence-electron chi connectivity index (χ4n) is 1.87. The van der Waals surface area contributed by atoms with Crippen LogP contribution in [-0.4, -0.2) is 26.2 Å². The second-order valence-corrected chi connectivity index (χ2v) is 7.46. The summed E-state index contributed by atoms with van der Waals surface area (Å²) in [6.07, 6.45) is 0. The lowest BCUT2D eigenvalue weighted by molar-refractivity contribution is -0.387. The van der Waals surface area contributed by atoms with Crippen molar-refractivity contribution in [2.45, 2.75) is 30.9 Å². The third-order valence-corrected chi connectivity index (χ3v) is 5.02. The van der Waals surface area contributed by atoms with Crippen LogP contribution in [0.2, 0.25) is 0 Å². The molecule has 1 aromatic heterocycles. The minimum atomic E-state index is -1.04. The molecule has 0 spiro atoms. The van der Waals surface area contributed by atoms with Gasteiger partial charge < -0.3 is 5.11 Å². The first-order valence-corrected chi connectivity index (χ1v) is 8.15. The van der Waals surface area contributed by atoms with E-state index in [9.17, 15) is 14.9 Å². The molecule has 1 heterocycles. The molecule has 0 aliphatic carbocycles. The summed E-state index contributed by atoms with van der Waals surface area (Å²) in [6.45, 7) is 5.54. The molecule has 0 bridgehead atoms. The lowest BCUT2D eigenvalue weighted by Crippen LogP contribution is -1.94. The van der Waals surface area contributed by atoms with Gasteiger partial charge in [-0.2, -0.15) is 0 Å². The van der Waals surface area contributed by atoms with Crippen LogP contribution in [0.25, 0.3) is 10.6 Å². The molecule has 1 aromatic carbocycles. The van der Waals surface area contributed by atoms with Crippen LogP contribution in [0.3, 0.4) is 0 Å². The fourth-order valence-corrected chi connectivity index (χ4v) is 3.68. The van der Waals surface area contributed by atoms with E-state index in [2.05, 4.69) is 4.98 Å². The number of benzene rings is 1. The molecule has 0 fully saturated rings. The summed E-state index contributed by atoms with van der Waals surface area (Å²) in [5.74, 6) is -1.04. The zero-order chi connectivity index (χ0) is 16.4. The maximum atomic E-state index is 11.2. The van der Waals surface area contributed by atoms with E-state index in [1.54, 1.807) is 19.1 Å². The van der Waals surface area contributed by atoms with Crippen molar-refractivity contribution in [2.75, 3.05) is 0 Å². The number of nitro benzene ring substituents is 1. The van der Waals surface area contributed by atoms with Crippen molar-refractivity contribution < 1.29 is 14.8 Å². The largest absolute Gasteiger partial charge is 0.477 e. The molecule has 2 aromatic rings. The summed E-state index contributed by atoms with van der Waals surface area (Å²) in [5, 5.41) is 21.0. The summed E-state index contributed by atoms with van der Waals surface area (Å²) in [5.41, 5.74) is 0.983. The van der Waals surface area contributed by atoms with Crippen molar-refractivity contribution in [3.8, 4) is 10.6 Å². The van der Waals surface area contributed by atoms with Gasteiger partial charge in [0.05, 0.1) is 15.5 Å². The van der Waals surface area contributed by atoms with Crippen LogP contribution < -0.4 is 0 Å². The molecule has 0 amide bonds. The summed E-state index contributed by atoms with van der Waals surface area (Å²) in [7, 11) is 0. The van der Waals surface area contributed by atoms with E-state index in [0.29, 0.717) is 21.2 Å². The van der Waals surface area contributed by atoms with Gasteiger partial charge >= 0.3 is 5.97 Å². The zero-order valence-corrected chi connectivity index (χ0v) is 13.8. The van der Waals surface area contributed by atoms with Crippen molar-refractivity contribution >= 4 is 34.8 Å². The van der Waals surface area contributed by atoms with Crippen LogP contribution in [0.4, 0.5) is 5.69 Å². The third kappa shape index (κ3) is 3.45. The third-order valence-electron chi connectivity index (χ3n) is 2.76. The van der Waals surface area contributed by atoms with Gasteiger partial charge in [0, 0.05) is 16.9 Å². The monoisotopic (exact) mass is 338 g/mol. The topological polar surface area (TPSA) is 93.3 Å². The van der Waals surface area contributed by atoms with E-state index in [4.69, 9.17) is 5.11 Å². The molecule has 6 nitrogen and oxygen atoms in total. The quantitative estimate of drug-likeness (QED) is 0.498. The highest BCUT2D eigenvalue weighted by Crippen LogP contribution is 2.37. The highest BCUT2D eigenvalue weighted by Gasteiger charge is 2.20. The predicted molar refractivity (Wildman–Crippen MR) is 86.9 cm³/mol. The van der Waals surface area contributed by atoms with Crippen LogP contribution in [-0.2, 0) is 0 Å². The molecule has 2 rings (SSSR count). The molecule has 0 saturated heterocycles. The maximum Gasteiger partial charge on any atom is 0.347 e. The van der Waals surface area contributed by atoms with Gasteiger partial charge in [0.1, 0.15) is 9.88 Å². The normalized spacial score (nSPS) is 10.9. The Labute approximate surface area is 135 Å². The molecule has 8 heteroatoms. The Morgan fingerprint density at radius 1 is 1.45 bits per heavy atom. The van der Waals surface area contributed by atoms with Crippen molar-refractivity contribution in [3.63, 3.8) is 0 Å². The van der Waals surface area contributed by atoms with Crippen LogP contribution in [0.5, 0.6) is 0 Å². The number of hydrogen-bond donors (Lipinski definition) is 1. The van der Waals surface area contributed by atoms with Gasteiger partial charge in [-0.05, 0) is 13.0 Å². The molecule has 0 aliphatic rings. The van der Waals surface area contributed by atoms with Crippen molar-refractivity contribution in [1.29, 1.82) is 0 Å². The van der Waals surface area contributed by atoms with E-state index < -0.39 is 10.9 Å². The summed E-state index contributed by atoms with van der Waals surface area (Å²) >= 11 is 2.44. The number of aryl methyl sites for hydroxylation is 1. The molecule has 0 unspecified atom stereocenters. The molecule has 1 N–H and O–H groups in total. The molecule has 0 atom stereocenters. The van der Waals surface area contributed by atoms with Crippen LogP contribution >= 0.6 is 23.1 Å². The van der Waals surface area contributed by atoms with Crippen LogP contribution in [0.15, 0.2) is 23.1 Å². The number of thioether (sulfide) groups is 1. The second kappa shape index (κ2) is 6.45. The van der Waals surface area contributed by atoms with E-state index in [1.807, 2.05) is 13.8 Å². The predicted octanol–water partition coefficient (Wildman–Crippen LogP) is 4.23. The molecule has 116 valence electrons. The number of aromatic nitrogens is 1. The number of thiazole rings is 1. The van der Waals surface area contributed by atoms with E-state index in [0.717, 1.165) is 11.3 Å². The van der Waals surface area contributed by atoms with Crippen LogP contribution in [0, 0.1) is 17.0 Å². The van der Waals surface area contributed by atoms with Gasteiger partial charge in [-0.3, -0.25) is 10.1 Å². The molecule has 22 heavy (non-hydrogen) atoms. The van der Waals surface area contributed by atoms with Crippen LogP contribution in [0.1, 0.15) is 29.2 Å². The second-order valence-electron chi connectivity index (χ2n) is 4.84. The number of nitrogens with zero attached hydrogens (tertiary/aromatic N) is 2. The Morgan fingerprint density at radius 3 is 2.64 bits per heavy atom. The molecular weight excluding hydrogens is 324 g/mol. The first-order valence-electron chi connectivity index (χ1n) is 6.45. The first kappa shape index (κ1) is 16.4. The zero-order valence-electron chi connectivity index (χ0n) is 12.2. The summed E-state index contributed by atoms with van der Waals surface area (Å²) in [4.78, 5) is 26.8. The van der Waals surface area contributed by atoms with Gasteiger partial charge in [0.15, 0.2) is 0 Å². The van der Waals surface area contributed by atoms with Gasteiger partial charge in [-0.15, -0.1) is 23.1 Å². The first-order chi connectivity index (χ1) is 10.3. The maximum absolute atomic E-state index is 11.2. The Balaban J connectivity index is 2.49. The minimum absolute atomic E-state index is 0.0147. The van der Waals surface area contributed by atoms with Crippen molar-refractivity contribution in [3.05, 3.63) is 38.9 Å². The highest BCUT2D eigenvalue weighted by molar-refractivity contribution is 8.00. The Kier molecular flexibility index (Phi) is 4.82. The fraction of sp³-hybridized carbons (Fsp3) is 0.286. The summed E-state index contributed by atoms with van der Waals surface area (Å²) in [6, 6.07) is 4.88. The smallest absolute Gasteiger partial charge is 0.347 e. The molecule has 0 radical (unpaired) electrons. The van der Waals surface area contributed by atoms with Gasteiger partial charge in [0.25, 0.3) is 5.69 Å². The van der Waals surface area contributed by atoms with Crippen molar-refractivity contribution in [1.82, 2.24) is 4.98 Å². The lowest BCUT2D eigenvalue weighted by Gasteiger charge is -2.06. The minimum Gasteiger partial charge on any atom is -0.477 e. The number of rotatable bonds is 5. The van der Waals surface area contributed by atoms with E-state index >= 15 is 0 Å². The Morgan fingerprint density at radius 2 is 2.14 bits per heavy atom. The van der Waals surface area contributed by atoms with Gasteiger partial charge in [-0.1, -0.05) is 19.9 Å². The number of aromatic carboxylic acids is 1. The Bertz CT molecular complexity index is 740. The molecular formula is C14H14N2O4S2. The Hall–Kier alpha value is -1.93.